The van der Waals surface area contributed by atoms with E-state index in [1.807, 2.05) is 6.07 Å². The molecule has 2 saturated heterocycles. The molecular formula is C26H36N4O3. The van der Waals surface area contributed by atoms with Crippen LogP contribution in [0.25, 0.3) is 0 Å². The molecule has 1 saturated carbocycles. The minimum Gasteiger partial charge on any atom is -0.385 e. The van der Waals surface area contributed by atoms with Crippen molar-refractivity contribution in [1.82, 2.24) is 14.8 Å². The predicted octanol–water partition coefficient (Wildman–Crippen LogP) is 3.23. The number of fused-ring (bicyclic) bond motifs is 1. The van der Waals surface area contributed by atoms with Gasteiger partial charge in [-0.2, -0.15) is 0 Å². The molecule has 0 bridgehead atoms. The third-order valence-electron chi connectivity index (χ3n) is 8.35. The largest absolute Gasteiger partial charge is 0.385 e. The van der Waals surface area contributed by atoms with Crippen molar-refractivity contribution in [3.05, 3.63) is 41.2 Å². The van der Waals surface area contributed by atoms with Gasteiger partial charge in [0.1, 0.15) is 5.82 Å². The van der Waals surface area contributed by atoms with Crippen molar-refractivity contribution in [3.8, 4) is 0 Å². The molecule has 3 heterocycles. The zero-order chi connectivity index (χ0) is 22.3. The fraction of sp³-hybridized carbons (Fsp3) is 0.692. The molecule has 2 atom stereocenters. The van der Waals surface area contributed by atoms with Crippen molar-refractivity contribution in [1.29, 1.82) is 0 Å². The van der Waals surface area contributed by atoms with Gasteiger partial charge in [0, 0.05) is 38.6 Å². The average molecular weight is 453 g/mol. The van der Waals surface area contributed by atoms with Crippen LogP contribution in [0.1, 0.15) is 61.9 Å². The summed E-state index contributed by atoms with van der Waals surface area (Å²) >= 11 is 0. The molecule has 2 aromatic rings. The van der Waals surface area contributed by atoms with Crippen LogP contribution in [-0.4, -0.2) is 58.4 Å². The van der Waals surface area contributed by atoms with Crippen molar-refractivity contribution in [2.45, 2.75) is 75.5 Å². The van der Waals surface area contributed by atoms with Crippen molar-refractivity contribution in [3.63, 3.8) is 0 Å². The van der Waals surface area contributed by atoms with E-state index in [1.54, 1.807) is 0 Å². The number of aliphatic hydroxyl groups is 1. The molecule has 0 amide bonds. The Morgan fingerprint density at radius 2 is 1.94 bits per heavy atom. The summed E-state index contributed by atoms with van der Waals surface area (Å²) in [4.78, 5) is 2.40. The first-order chi connectivity index (χ1) is 16.1. The van der Waals surface area contributed by atoms with Crippen molar-refractivity contribution < 1.29 is 14.6 Å². The molecule has 2 aliphatic carbocycles. The van der Waals surface area contributed by atoms with Gasteiger partial charge in [0.2, 0.25) is 5.95 Å². The second-order valence-electron chi connectivity index (χ2n) is 10.6. The highest BCUT2D eigenvalue weighted by atomic mass is 16.5. The molecule has 6 rings (SSSR count). The molecule has 2 aliphatic heterocycles. The van der Waals surface area contributed by atoms with E-state index in [0.29, 0.717) is 12.3 Å². The van der Waals surface area contributed by atoms with Crippen LogP contribution in [-0.2, 0) is 34.5 Å². The van der Waals surface area contributed by atoms with Crippen LogP contribution in [0.4, 0.5) is 5.95 Å². The number of benzene rings is 1. The summed E-state index contributed by atoms with van der Waals surface area (Å²) in [6.45, 7) is 4.94. The monoisotopic (exact) mass is 452 g/mol. The Morgan fingerprint density at radius 1 is 1.06 bits per heavy atom. The molecule has 1 aromatic heterocycles. The highest BCUT2D eigenvalue weighted by molar-refractivity contribution is 5.39. The topological polar surface area (TPSA) is 72.6 Å². The van der Waals surface area contributed by atoms with E-state index < -0.39 is 5.60 Å². The zero-order valence-electron chi connectivity index (χ0n) is 19.5. The van der Waals surface area contributed by atoms with Gasteiger partial charge in [-0.25, -0.2) is 0 Å². The first kappa shape index (κ1) is 21.6. The van der Waals surface area contributed by atoms with Gasteiger partial charge in [0.15, 0.2) is 0 Å². The number of aryl methyl sites for hydroxylation is 1. The average Bonchev–Trinajstić information content (AvgIpc) is 3.56. The maximum atomic E-state index is 11.7. The lowest BCUT2D eigenvalue weighted by Gasteiger charge is -2.45. The number of ether oxygens (including phenoxy) is 2. The van der Waals surface area contributed by atoms with Crippen LogP contribution in [0.2, 0.25) is 0 Å². The molecule has 4 aliphatic rings. The summed E-state index contributed by atoms with van der Waals surface area (Å²) in [7, 11) is 0. The van der Waals surface area contributed by atoms with Gasteiger partial charge in [0.05, 0.1) is 24.4 Å². The molecule has 1 spiro atoms. The number of rotatable bonds is 5. The number of morpholine rings is 1. The summed E-state index contributed by atoms with van der Waals surface area (Å²) in [5, 5.41) is 21.1. The maximum absolute atomic E-state index is 11.7. The van der Waals surface area contributed by atoms with Gasteiger partial charge in [-0.1, -0.05) is 43.5 Å². The molecule has 1 aromatic carbocycles. The summed E-state index contributed by atoms with van der Waals surface area (Å²) in [5.41, 5.74) is 1.40. The van der Waals surface area contributed by atoms with E-state index in [-0.39, 0.29) is 5.60 Å². The van der Waals surface area contributed by atoms with E-state index in [0.717, 1.165) is 88.9 Å². The Morgan fingerprint density at radius 3 is 2.79 bits per heavy atom. The highest BCUT2D eigenvalue weighted by Crippen LogP contribution is 2.40. The van der Waals surface area contributed by atoms with Crippen LogP contribution in [0.5, 0.6) is 0 Å². The first-order valence-corrected chi connectivity index (χ1v) is 12.8. The molecule has 33 heavy (non-hydrogen) atoms. The number of aromatic nitrogens is 3. The SMILES string of the molecule is OC1(Cc2nnc(N3CCOC4(CCCCC4)C3)n2CC2CCOC2)CCc2ccccc21. The van der Waals surface area contributed by atoms with Crippen molar-refractivity contribution in [2.24, 2.45) is 5.92 Å². The maximum Gasteiger partial charge on any atom is 0.227 e. The molecule has 178 valence electrons. The molecule has 3 fully saturated rings. The minimum absolute atomic E-state index is 0.0352. The van der Waals surface area contributed by atoms with Gasteiger partial charge >= 0.3 is 0 Å². The fourth-order valence-corrected chi connectivity index (χ4v) is 6.49. The van der Waals surface area contributed by atoms with Crippen LogP contribution in [0.3, 0.4) is 0 Å². The highest BCUT2D eigenvalue weighted by Gasteiger charge is 2.41. The summed E-state index contributed by atoms with van der Waals surface area (Å²) in [6, 6.07) is 8.30. The quantitative estimate of drug-likeness (QED) is 0.751. The third-order valence-corrected chi connectivity index (χ3v) is 8.35. The van der Waals surface area contributed by atoms with Gasteiger partial charge in [0.25, 0.3) is 0 Å². The lowest BCUT2D eigenvalue weighted by molar-refractivity contribution is -0.0787. The van der Waals surface area contributed by atoms with Crippen LogP contribution >= 0.6 is 0 Å². The Kier molecular flexibility index (Phi) is 5.67. The molecule has 0 radical (unpaired) electrons. The van der Waals surface area contributed by atoms with E-state index >= 15 is 0 Å². The molecular weight excluding hydrogens is 416 g/mol. The number of nitrogens with zero attached hydrogens (tertiary/aromatic N) is 4. The zero-order valence-corrected chi connectivity index (χ0v) is 19.5. The first-order valence-electron chi connectivity index (χ1n) is 12.8. The van der Waals surface area contributed by atoms with E-state index in [9.17, 15) is 5.11 Å². The standard InChI is InChI=1S/C26H36N4O3/c31-26(12-8-21-6-2-3-7-22(21)26)16-23-27-28-24(30(23)17-20-9-14-32-18-20)29-13-15-33-25(19-29)10-4-1-5-11-25/h2-3,6-7,20,31H,1,4-5,8-19H2. The minimum atomic E-state index is -0.875. The van der Waals surface area contributed by atoms with Gasteiger partial charge in [-0.15, -0.1) is 10.2 Å². The van der Waals surface area contributed by atoms with Gasteiger partial charge in [-0.05, 0) is 43.2 Å². The Labute approximate surface area is 196 Å². The summed E-state index contributed by atoms with van der Waals surface area (Å²) < 4.78 is 14.3. The third kappa shape index (κ3) is 4.08. The van der Waals surface area contributed by atoms with Gasteiger partial charge < -0.3 is 19.5 Å². The Balaban J connectivity index is 1.30. The van der Waals surface area contributed by atoms with E-state index in [1.165, 1.54) is 24.8 Å². The molecule has 7 nitrogen and oxygen atoms in total. The van der Waals surface area contributed by atoms with Crippen LogP contribution in [0.15, 0.2) is 24.3 Å². The molecule has 1 N–H and O–H groups in total. The number of hydrogen-bond acceptors (Lipinski definition) is 6. The molecule has 7 heteroatoms. The lowest BCUT2D eigenvalue weighted by Crippen LogP contribution is -2.53. The van der Waals surface area contributed by atoms with Crippen molar-refractivity contribution >= 4 is 5.95 Å². The smallest absolute Gasteiger partial charge is 0.227 e. The predicted molar refractivity (Wildman–Crippen MR) is 125 cm³/mol. The van der Waals surface area contributed by atoms with Crippen LogP contribution < -0.4 is 4.90 Å². The number of hydrogen-bond donors (Lipinski definition) is 1. The fourth-order valence-electron chi connectivity index (χ4n) is 6.49. The normalized spacial score (nSPS) is 29.0. The summed E-state index contributed by atoms with van der Waals surface area (Å²) in [6.07, 6.45) is 9.30. The van der Waals surface area contributed by atoms with E-state index in [2.05, 4.69) is 32.8 Å². The Hall–Kier alpha value is -1.96. The molecule has 2 unspecified atom stereocenters. The second kappa shape index (κ2) is 8.67. The summed E-state index contributed by atoms with van der Waals surface area (Å²) in [5.74, 6) is 2.30. The Bertz CT molecular complexity index is 974. The number of anilines is 1. The second-order valence-corrected chi connectivity index (χ2v) is 10.6. The lowest BCUT2D eigenvalue weighted by atomic mass is 9.83. The van der Waals surface area contributed by atoms with Crippen molar-refractivity contribution in [2.75, 3.05) is 37.8 Å². The van der Waals surface area contributed by atoms with Crippen LogP contribution in [0, 0.1) is 5.92 Å². The van der Waals surface area contributed by atoms with Gasteiger partial charge in [-0.3, -0.25) is 4.57 Å². The van der Waals surface area contributed by atoms with E-state index in [4.69, 9.17) is 14.6 Å².